The first kappa shape index (κ1) is 14.1. The number of carbonyl (C=O) groups excluding carboxylic acids is 1. The van der Waals surface area contributed by atoms with Crippen LogP contribution in [0.4, 0.5) is 5.69 Å². The van der Waals surface area contributed by atoms with E-state index in [2.05, 4.69) is 0 Å². The monoisotopic (exact) mass is 263 g/mol. The lowest BCUT2D eigenvalue weighted by Crippen LogP contribution is -1.92. The molecule has 0 unspecified atom stereocenters. The highest BCUT2D eigenvalue weighted by atomic mass is 35.5. The summed E-state index contributed by atoms with van der Waals surface area (Å²) < 4.78 is 0. The first-order valence-electron chi connectivity index (χ1n) is 5.28. The molecule has 0 radical (unpaired) electrons. The Balaban J connectivity index is 0.00000162. The van der Waals surface area contributed by atoms with Gasteiger partial charge in [0.15, 0.2) is 5.78 Å². The Labute approximate surface area is 112 Å². The summed E-state index contributed by atoms with van der Waals surface area (Å²) in [5.41, 5.74) is 8.29. The Morgan fingerprint density at radius 1 is 1.17 bits per heavy atom. The molecule has 0 amide bonds. The molecule has 2 aromatic rings. The molecule has 4 heteroatoms. The molecule has 0 saturated heterocycles. The van der Waals surface area contributed by atoms with E-state index in [4.69, 9.17) is 5.73 Å². The standard InChI is InChI=1S/C14H13NO2.ClH/c1-9(16)10-3-2-4-11(7-10)13-8-12(15)5-6-14(13)17;/h2-8,17H,15H2,1H3;1H. The van der Waals surface area contributed by atoms with Gasteiger partial charge in [-0.15, -0.1) is 12.4 Å². The summed E-state index contributed by atoms with van der Waals surface area (Å²) in [7, 11) is 0. The van der Waals surface area contributed by atoms with Gasteiger partial charge in [0.2, 0.25) is 0 Å². The summed E-state index contributed by atoms with van der Waals surface area (Å²) >= 11 is 0. The van der Waals surface area contributed by atoms with Crippen LogP contribution >= 0.6 is 12.4 Å². The highest BCUT2D eigenvalue weighted by Gasteiger charge is 2.07. The molecule has 0 heterocycles. The van der Waals surface area contributed by atoms with E-state index < -0.39 is 0 Å². The summed E-state index contributed by atoms with van der Waals surface area (Å²) in [4.78, 5) is 11.3. The highest BCUT2D eigenvalue weighted by Crippen LogP contribution is 2.31. The van der Waals surface area contributed by atoms with Crippen LogP contribution in [0.3, 0.4) is 0 Å². The van der Waals surface area contributed by atoms with Gasteiger partial charge < -0.3 is 10.8 Å². The minimum atomic E-state index is -0.00440. The number of phenolic OH excluding ortho intramolecular Hbond substituents is 1. The molecule has 0 aliphatic rings. The van der Waals surface area contributed by atoms with Crippen LogP contribution in [0.1, 0.15) is 17.3 Å². The number of hydrogen-bond donors (Lipinski definition) is 2. The Bertz CT molecular complexity index is 582. The molecule has 2 aromatic carbocycles. The van der Waals surface area contributed by atoms with Crippen molar-refractivity contribution in [2.45, 2.75) is 6.92 Å². The number of nitrogens with two attached hydrogens (primary N) is 1. The maximum absolute atomic E-state index is 11.3. The lowest BCUT2D eigenvalue weighted by molar-refractivity contribution is 0.101. The van der Waals surface area contributed by atoms with Crippen molar-refractivity contribution in [2.75, 3.05) is 5.73 Å². The summed E-state index contributed by atoms with van der Waals surface area (Å²) in [6, 6.07) is 12.0. The zero-order valence-corrected chi connectivity index (χ0v) is 10.7. The highest BCUT2D eigenvalue weighted by molar-refractivity contribution is 5.95. The average molecular weight is 264 g/mol. The Morgan fingerprint density at radius 2 is 1.89 bits per heavy atom. The average Bonchev–Trinajstić information content (AvgIpc) is 2.32. The van der Waals surface area contributed by atoms with Gasteiger partial charge in [0, 0.05) is 16.8 Å². The van der Waals surface area contributed by atoms with Gasteiger partial charge in [-0.3, -0.25) is 4.79 Å². The minimum Gasteiger partial charge on any atom is -0.507 e. The van der Waals surface area contributed by atoms with Gasteiger partial charge in [0.1, 0.15) is 5.75 Å². The third-order valence-corrected chi connectivity index (χ3v) is 2.60. The maximum Gasteiger partial charge on any atom is 0.159 e. The molecule has 2 rings (SSSR count). The number of phenols is 1. The lowest BCUT2D eigenvalue weighted by Gasteiger charge is -2.07. The smallest absolute Gasteiger partial charge is 0.159 e. The fourth-order valence-corrected chi connectivity index (χ4v) is 1.69. The van der Waals surface area contributed by atoms with Crippen molar-refractivity contribution in [3.05, 3.63) is 48.0 Å². The van der Waals surface area contributed by atoms with Crippen LogP contribution in [0, 0.1) is 0 Å². The van der Waals surface area contributed by atoms with Crippen LogP contribution in [-0.2, 0) is 0 Å². The normalized spacial score (nSPS) is 9.61. The van der Waals surface area contributed by atoms with Gasteiger partial charge in [0.25, 0.3) is 0 Å². The second-order valence-electron chi connectivity index (χ2n) is 3.91. The molecule has 3 N–H and O–H groups in total. The molecule has 0 atom stereocenters. The van der Waals surface area contributed by atoms with Crippen LogP contribution in [-0.4, -0.2) is 10.9 Å². The molecular formula is C14H14ClNO2. The molecule has 0 fully saturated rings. The number of ketones is 1. The van der Waals surface area contributed by atoms with E-state index in [-0.39, 0.29) is 23.9 Å². The molecule has 0 bridgehead atoms. The molecule has 3 nitrogen and oxygen atoms in total. The molecular weight excluding hydrogens is 250 g/mol. The van der Waals surface area contributed by atoms with E-state index in [1.807, 2.05) is 6.07 Å². The second kappa shape index (κ2) is 5.56. The SMILES string of the molecule is CC(=O)c1cccc(-c2cc(N)ccc2O)c1.Cl. The maximum atomic E-state index is 11.3. The zero-order chi connectivity index (χ0) is 12.4. The van der Waals surface area contributed by atoms with Crippen LogP contribution in [0.2, 0.25) is 0 Å². The lowest BCUT2D eigenvalue weighted by atomic mass is 10.0. The first-order valence-corrected chi connectivity index (χ1v) is 5.28. The number of anilines is 1. The predicted molar refractivity (Wildman–Crippen MR) is 75.2 cm³/mol. The Hall–Kier alpha value is -2.00. The largest absolute Gasteiger partial charge is 0.507 e. The summed E-state index contributed by atoms with van der Waals surface area (Å²) in [5, 5.41) is 9.78. The van der Waals surface area contributed by atoms with E-state index in [1.54, 1.807) is 36.4 Å². The van der Waals surface area contributed by atoms with Crippen molar-refractivity contribution >= 4 is 23.9 Å². The van der Waals surface area contributed by atoms with Crippen molar-refractivity contribution in [3.63, 3.8) is 0 Å². The molecule has 0 aliphatic heterocycles. The Kier molecular flexibility index (Phi) is 4.34. The van der Waals surface area contributed by atoms with Crippen LogP contribution in [0.15, 0.2) is 42.5 Å². The molecule has 94 valence electrons. The van der Waals surface area contributed by atoms with E-state index in [0.717, 1.165) is 5.56 Å². The molecule has 0 aromatic heterocycles. The Morgan fingerprint density at radius 3 is 2.56 bits per heavy atom. The molecule has 0 saturated carbocycles. The van der Waals surface area contributed by atoms with Gasteiger partial charge in [-0.1, -0.05) is 18.2 Å². The minimum absolute atomic E-state index is 0. The van der Waals surface area contributed by atoms with E-state index in [0.29, 0.717) is 16.8 Å². The van der Waals surface area contributed by atoms with Gasteiger partial charge in [-0.25, -0.2) is 0 Å². The summed E-state index contributed by atoms with van der Waals surface area (Å²) in [5.74, 6) is 0.148. The zero-order valence-electron chi connectivity index (χ0n) is 9.88. The first-order chi connectivity index (χ1) is 8.08. The van der Waals surface area contributed by atoms with E-state index in [1.165, 1.54) is 6.92 Å². The number of halogens is 1. The number of rotatable bonds is 2. The van der Waals surface area contributed by atoms with Crippen LogP contribution < -0.4 is 5.73 Å². The number of aromatic hydroxyl groups is 1. The fraction of sp³-hybridized carbons (Fsp3) is 0.0714. The van der Waals surface area contributed by atoms with E-state index in [9.17, 15) is 9.90 Å². The van der Waals surface area contributed by atoms with E-state index >= 15 is 0 Å². The van der Waals surface area contributed by atoms with Gasteiger partial charge in [-0.05, 0) is 36.8 Å². The van der Waals surface area contributed by atoms with Crippen molar-refractivity contribution in [3.8, 4) is 16.9 Å². The molecule has 0 aliphatic carbocycles. The van der Waals surface area contributed by atoms with Gasteiger partial charge in [-0.2, -0.15) is 0 Å². The van der Waals surface area contributed by atoms with Crippen LogP contribution in [0.25, 0.3) is 11.1 Å². The number of hydrogen-bond acceptors (Lipinski definition) is 3. The fourth-order valence-electron chi connectivity index (χ4n) is 1.69. The third-order valence-electron chi connectivity index (χ3n) is 2.60. The second-order valence-corrected chi connectivity index (χ2v) is 3.91. The van der Waals surface area contributed by atoms with Crippen molar-refractivity contribution in [1.29, 1.82) is 0 Å². The summed E-state index contributed by atoms with van der Waals surface area (Å²) in [6.07, 6.45) is 0. The number of benzene rings is 2. The van der Waals surface area contributed by atoms with Gasteiger partial charge >= 0.3 is 0 Å². The van der Waals surface area contributed by atoms with Gasteiger partial charge in [0.05, 0.1) is 0 Å². The van der Waals surface area contributed by atoms with Crippen molar-refractivity contribution in [2.24, 2.45) is 0 Å². The molecule has 18 heavy (non-hydrogen) atoms. The number of nitrogen functional groups attached to an aromatic ring is 1. The number of carbonyl (C=O) groups is 1. The number of Topliss-reactive ketones (excluding diaryl/α,β-unsaturated/α-hetero) is 1. The summed E-state index contributed by atoms with van der Waals surface area (Å²) in [6.45, 7) is 1.51. The topological polar surface area (TPSA) is 63.3 Å². The molecule has 0 spiro atoms. The quantitative estimate of drug-likeness (QED) is 0.497. The van der Waals surface area contributed by atoms with Crippen LogP contribution in [0.5, 0.6) is 5.75 Å². The predicted octanol–water partition coefficient (Wildman–Crippen LogP) is 3.27. The third kappa shape index (κ3) is 2.81. The van der Waals surface area contributed by atoms with Crippen molar-refractivity contribution in [1.82, 2.24) is 0 Å². The van der Waals surface area contributed by atoms with Crippen molar-refractivity contribution < 1.29 is 9.90 Å².